The number of benzene rings is 3. The van der Waals surface area contributed by atoms with Crippen molar-refractivity contribution in [3.05, 3.63) is 84.1 Å². The van der Waals surface area contributed by atoms with Gasteiger partial charge in [-0.05, 0) is 42.8 Å². The van der Waals surface area contributed by atoms with Gasteiger partial charge in [0.05, 0.1) is 10.2 Å². The van der Waals surface area contributed by atoms with Crippen LogP contribution in [0.2, 0.25) is 0 Å². The zero-order chi connectivity index (χ0) is 19.1. The van der Waals surface area contributed by atoms with E-state index in [0.717, 1.165) is 37.4 Å². The first kappa shape index (κ1) is 16.7. The van der Waals surface area contributed by atoms with Crippen molar-refractivity contribution in [2.45, 2.75) is 6.92 Å². The molecule has 3 aromatic carbocycles. The van der Waals surface area contributed by atoms with Crippen LogP contribution in [0.4, 0.5) is 5.69 Å². The topological polar surface area (TPSA) is 55.1 Å². The van der Waals surface area contributed by atoms with Gasteiger partial charge in [-0.3, -0.25) is 4.79 Å². The lowest BCUT2D eigenvalue weighted by Crippen LogP contribution is -2.12. The molecule has 0 aliphatic rings. The predicted molar refractivity (Wildman–Crippen MR) is 114 cm³/mol. The number of anilines is 1. The Morgan fingerprint density at radius 1 is 1.00 bits per heavy atom. The van der Waals surface area contributed by atoms with Crippen LogP contribution >= 0.6 is 11.3 Å². The second kappa shape index (κ2) is 6.62. The lowest BCUT2D eigenvalue weighted by atomic mass is 10.1. The number of furan rings is 1. The molecule has 4 nitrogen and oxygen atoms in total. The molecule has 5 rings (SSSR count). The summed E-state index contributed by atoms with van der Waals surface area (Å²) in [7, 11) is 0. The van der Waals surface area contributed by atoms with Gasteiger partial charge in [0.25, 0.3) is 5.91 Å². The van der Waals surface area contributed by atoms with E-state index in [1.165, 1.54) is 0 Å². The van der Waals surface area contributed by atoms with Gasteiger partial charge in [0.15, 0.2) is 5.76 Å². The Hall–Kier alpha value is -3.44. The van der Waals surface area contributed by atoms with Gasteiger partial charge in [-0.25, -0.2) is 4.98 Å². The molecule has 5 aromatic rings. The normalized spacial score (nSPS) is 11.2. The first-order valence-corrected chi connectivity index (χ1v) is 9.76. The van der Waals surface area contributed by atoms with Crippen LogP contribution in [-0.2, 0) is 0 Å². The molecule has 0 saturated heterocycles. The molecule has 0 unspecified atom stereocenters. The number of aromatic nitrogens is 1. The minimum atomic E-state index is -0.263. The summed E-state index contributed by atoms with van der Waals surface area (Å²) in [5.41, 5.74) is 4.43. The highest BCUT2D eigenvalue weighted by Crippen LogP contribution is 2.34. The first-order chi connectivity index (χ1) is 13.7. The molecule has 0 bridgehead atoms. The third-order valence-electron chi connectivity index (χ3n) is 4.76. The quantitative estimate of drug-likeness (QED) is 0.399. The third-order valence-corrected chi connectivity index (χ3v) is 5.83. The largest absolute Gasteiger partial charge is 0.451 e. The van der Waals surface area contributed by atoms with Crippen LogP contribution in [0.1, 0.15) is 16.1 Å². The summed E-state index contributed by atoms with van der Waals surface area (Å²) in [6.45, 7) is 2.00. The standard InChI is InChI=1S/C23H16N2O2S/c1-14-16(23-25-18-9-3-5-12-21(18)28-23)8-6-10-17(14)24-22(26)20-13-15-7-2-4-11-19(15)27-20/h2-13H,1H3,(H,24,26). The Bertz CT molecular complexity index is 1270. The number of rotatable bonds is 3. The summed E-state index contributed by atoms with van der Waals surface area (Å²) >= 11 is 1.65. The molecule has 0 aliphatic carbocycles. The molecular formula is C23H16N2O2S. The highest BCUT2D eigenvalue weighted by Gasteiger charge is 2.16. The maximum Gasteiger partial charge on any atom is 0.291 e. The number of hydrogen-bond acceptors (Lipinski definition) is 4. The van der Waals surface area contributed by atoms with E-state index >= 15 is 0 Å². The summed E-state index contributed by atoms with van der Waals surface area (Å²) in [6.07, 6.45) is 0. The fourth-order valence-corrected chi connectivity index (χ4v) is 4.32. The lowest BCUT2D eigenvalue weighted by Gasteiger charge is -2.10. The lowest BCUT2D eigenvalue weighted by molar-refractivity contribution is 0.0998. The van der Waals surface area contributed by atoms with Crippen molar-refractivity contribution in [3.63, 3.8) is 0 Å². The molecule has 0 saturated carbocycles. The molecule has 136 valence electrons. The summed E-state index contributed by atoms with van der Waals surface area (Å²) in [4.78, 5) is 17.4. The minimum absolute atomic E-state index is 0.263. The summed E-state index contributed by atoms with van der Waals surface area (Å²) < 4.78 is 6.82. The second-order valence-corrected chi connectivity index (χ2v) is 7.60. The van der Waals surface area contributed by atoms with Crippen molar-refractivity contribution >= 4 is 44.1 Å². The number of carbonyl (C=O) groups is 1. The third kappa shape index (κ3) is 2.86. The van der Waals surface area contributed by atoms with Crippen LogP contribution in [0.5, 0.6) is 0 Å². The predicted octanol–water partition coefficient (Wildman–Crippen LogP) is 6.27. The molecule has 0 fully saturated rings. The molecule has 2 heterocycles. The van der Waals surface area contributed by atoms with Crippen LogP contribution in [0, 0.1) is 6.92 Å². The zero-order valence-electron chi connectivity index (χ0n) is 15.1. The Morgan fingerprint density at radius 3 is 2.68 bits per heavy atom. The van der Waals surface area contributed by atoms with Gasteiger partial charge in [-0.1, -0.05) is 42.5 Å². The van der Waals surface area contributed by atoms with Gasteiger partial charge in [0, 0.05) is 16.6 Å². The van der Waals surface area contributed by atoms with Crippen molar-refractivity contribution in [1.82, 2.24) is 4.98 Å². The van der Waals surface area contributed by atoms with E-state index in [9.17, 15) is 4.79 Å². The maximum atomic E-state index is 12.7. The van der Waals surface area contributed by atoms with Crippen LogP contribution in [0.25, 0.3) is 31.8 Å². The van der Waals surface area contributed by atoms with E-state index < -0.39 is 0 Å². The number of nitrogens with zero attached hydrogens (tertiary/aromatic N) is 1. The van der Waals surface area contributed by atoms with Crippen molar-refractivity contribution in [2.24, 2.45) is 0 Å². The molecule has 5 heteroatoms. The van der Waals surface area contributed by atoms with Crippen LogP contribution < -0.4 is 5.32 Å². The molecule has 2 aromatic heterocycles. The fourth-order valence-electron chi connectivity index (χ4n) is 3.27. The minimum Gasteiger partial charge on any atom is -0.451 e. The van der Waals surface area contributed by atoms with Gasteiger partial charge in [0.2, 0.25) is 0 Å². The highest BCUT2D eigenvalue weighted by atomic mass is 32.1. The number of thiazole rings is 1. The number of fused-ring (bicyclic) bond motifs is 2. The average Bonchev–Trinajstić information content (AvgIpc) is 3.33. The number of nitrogens with one attached hydrogen (secondary N) is 1. The summed E-state index contributed by atoms with van der Waals surface area (Å²) in [6, 6.07) is 23.3. The van der Waals surface area contributed by atoms with E-state index in [0.29, 0.717) is 11.3 Å². The van der Waals surface area contributed by atoms with Gasteiger partial charge in [-0.15, -0.1) is 11.3 Å². The van der Waals surface area contributed by atoms with Crippen molar-refractivity contribution < 1.29 is 9.21 Å². The summed E-state index contributed by atoms with van der Waals surface area (Å²) in [5.74, 6) is 0.0340. The number of carbonyl (C=O) groups excluding carboxylic acids is 1. The highest BCUT2D eigenvalue weighted by molar-refractivity contribution is 7.21. The molecule has 0 spiro atoms. The average molecular weight is 384 g/mol. The van der Waals surface area contributed by atoms with E-state index in [2.05, 4.69) is 11.4 Å². The first-order valence-electron chi connectivity index (χ1n) is 8.94. The SMILES string of the molecule is Cc1c(NC(=O)c2cc3ccccc3o2)cccc1-c1nc2ccccc2s1. The smallest absolute Gasteiger partial charge is 0.291 e. The van der Waals surface area contributed by atoms with Crippen molar-refractivity contribution in [2.75, 3.05) is 5.32 Å². The van der Waals surface area contributed by atoms with Gasteiger partial charge in [0.1, 0.15) is 10.6 Å². The van der Waals surface area contributed by atoms with E-state index in [1.807, 2.05) is 67.6 Å². The van der Waals surface area contributed by atoms with Crippen LogP contribution in [0.3, 0.4) is 0 Å². The Balaban J connectivity index is 1.49. The Morgan fingerprint density at radius 2 is 1.82 bits per heavy atom. The number of amides is 1. The molecule has 28 heavy (non-hydrogen) atoms. The zero-order valence-corrected chi connectivity index (χ0v) is 15.9. The molecule has 1 N–H and O–H groups in total. The van der Waals surface area contributed by atoms with Crippen molar-refractivity contribution in [1.29, 1.82) is 0 Å². The fraction of sp³-hybridized carbons (Fsp3) is 0.0435. The Kier molecular flexibility index (Phi) is 3.95. The van der Waals surface area contributed by atoms with Gasteiger partial charge in [-0.2, -0.15) is 0 Å². The molecule has 1 amide bonds. The van der Waals surface area contributed by atoms with E-state index in [4.69, 9.17) is 9.40 Å². The monoisotopic (exact) mass is 384 g/mol. The maximum absolute atomic E-state index is 12.7. The molecule has 0 atom stereocenters. The molecular weight excluding hydrogens is 368 g/mol. The number of hydrogen-bond donors (Lipinski definition) is 1. The number of para-hydroxylation sites is 2. The summed E-state index contributed by atoms with van der Waals surface area (Å²) in [5, 5.41) is 4.83. The van der Waals surface area contributed by atoms with Gasteiger partial charge >= 0.3 is 0 Å². The molecule has 0 aliphatic heterocycles. The van der Waals surface area contributed by atoms with Gasteiger partial charge < -0.3 is 9.73 Å². The molecule has 0 radical (unpaired) electrons. The Labute approximate surface area is 165 Å². The van der Waals surface area contributed by atoms with Crippen LogP contribution in [0.15, 0.2) is 77.2 Å². The van der Waals surface area contributed by atoms with E-state index in [1.54, 1.807) is 17.4 Å². The van der Waals surface area contributed by atoms with Crippen LogP contribution in [-0.4, -0.2) is 10.9 Å². The second-order valence-electron chi connectivity index (χ2n) is 6.57. The van der Waals surface area contributed by atoms with Crippen molar-refractivity contribution in [3.8, 4) is 10.6 Å². The van der Waals surface area contributed by atoms with E-state index in [-0.39, 0.29) is 5.91 Å².